The highest BCUT2D eigenvalue weighted by Gasteiger charge is 2.54. The van der Waals surface area contributed by atoms with E-state index in [2.05, 4.69) is 19.3 Å². The average Bonchev–Trinajstić information content (AvgIpc) is 3.20. The van der Waals surface area contributed by atoms with Gasteiger partial charge in [-0.1, -0.05) is 0 Å². The maximum absolute atomic E-state index is 12.7. The summed E-state index contributed by atoms with van der Waals surface area (Å²) in [4.78, 5) is 52.1. The summed E-state index contributed by atoms with van der Waals surface area (Å²) in [6.07, 6.45) is -15.4. The van der Waals surface area contributed by atoms with Gasteiger partial charge in [0.2, 0.25) is 11.7 Å². The minimum absolute atomic E-state index is 0.154. The quantitative estimate of drug-likeness (QED) is 0.0772. The summed E-state index contributed by atoms with van der Waals surface area (Å²) >= 11 is 5.42. The molecule has 3 rings (SSSR count). The number of ether oxygens (including phenoxy) is 2. The lowest BCUT2D eigenvalue weighted by atomic mass is 9.88. The molecule has 0 aliphatic carbocycles. The number of aliphatic carboxylic acids is 1. The number of phosphoric ester groups is 1. The van der Waals surface area contributed by atoms with E-state index in [9.17, 15) is 59.6 Å². The van der Waals surface area contributed by atoms with Gasteiger partial charge < -0.3 is 70.5 Å². The van der Waals surface area contributed by atoms with Crippen LogP contribution < -0.4 is 26.7 Å². The molecule has 1 aromatic heterocycles. The molecule has 2 saturated heterocycles. The molecule has 238 valence electrons. The van der Waals surface area contributed by atoms with Gasteiger partial charge in [-0.2, -0.15) is 4.98 Å². The van der Waals surface area contributed by atoms with Crippen LogP contribution in [-0.2, 0) is 32.7 Å². The number of aliphatic hydroxyl groups is 6. The topological polar surface area (TPSA) is 329 Å². The van der Waals surface area contributed by atoms with E-state index in [1.165, 1.54) is 6.07 Å². The zero-order valence-corrected chi connectivity index (χ0v) is 22.9. The van der Waals surface area contributed by atoms with Gasteiger partial charge in [-0.3, -0.25) is 18.5 Å². The monoisotopic (exact) mass is 646 g/mol. The number of hydrogen-bond donors (Lipinski definition) is 8. The lowest BCUT2D eigenvalue weighted by Gasteiger charge is -2.50. The molecule has 1 aromatic rings. The van der Waals surface area contributed by atoms with E-state index in [-0.39, 0.29) is 5.82 Å². The molecule has 0 saturated carbocycles. The van der Waals surface area contributed by atoms with Crippen molar-refractivity contribution in [3.63, 3.8) is 0 Å². The minimum atomic E-state index is -5.83. The number of hydrogen-bond acceptors (Lipinski definition) is 18. The summed E-state index contributed by atoms with van der Waals surface area (Å²) in [6, 6.07) is -0.511. The average molecular weight is 647 g/mol. The molecule has 2 aliphatic rings. The van der Waals surface area contributed by atoms with Crippen LogP contribution in [0.5, 0.6) is 0 Å². The zero-order valence-electron chi connectivity index (χ0n) is 21.2. The Bertz CT molecular complexity index is 1240. The Morgan fingerprint density at radius 2 is 2.00 bits per heavy atom. The van der Waals surface area contributed by atoms with Crippen molar-refractivity contribution in [3.05, 3.63) is 22.7 Å². The number of phosphoric acid groups is 1. The summed E-state index contributed by atoms with van der Waals surface area (Å²) in [5, 5.41) is 74.8. The van der Waals surface area contributed by atoms with Crippen molar-refractivity contribution in [1.29, 1.82) is 0 Å². The maximum Gasteiger partial charge on any atom is 0.351 e. The molecule has 0 bridgehead atoms. The standard InChI is InChI=1S/C20H30ClN4O16P/c21-4-11(29)24-12-7(27)3-20(18(33)34,40-16(12)13(30)8(28)5-26)41-42(36,37)38-6-9-14(31)15(32)17(39-9)25-2-1-10(22)23-19(25)35/h1-2,7-9,12-17,26-28,30-32H,3-6H2,(H,24,29)(H,33,34)(H,36,37)(H2,22,23,35)/p-2/t7-,8-,9?,12-,13-,14-,15-,16?,17?,20-/m1/s1. The number of carbonyl (C=O) groups excluding carboxylic acids is 2. The second kappa shape index (κ2) is 13.6. The number of nitrogen functional groups attached to an aromatic ring is 1. The minimum Gasteiger partial charge on any atom is -0.756 e. The third-order valence-electron chi connectivity index (χ3n) is 6.37. The fourth-order valence-corrected chi connectivity index (χ4v) is 5.30. The van der Waals surface area contributed by atoms with Crippen LogP contribution in [0.1, 0.15) is 12.6 Å². The Labute approximate surface area is 240 Å². The van der Waals surface area contributed by atoms with Crippen LogP contribution >= 0.6 is 19.4 Å². The van der Waals surface area contributed by atoms with Crippen molar-refractivity contribution in [2.24, 2.45) is 0 Å². The van der Waals surface area contributed by atoms with Crippen molar-refractivity contribution in [3.8, 4) is 0 Å². The van der Waals surface area contributed by atoms with Gasteiger partial charge >= 0.3 is 5.69 Å². The zero-order chi connectivity index (χ0) is 31.6. The number of rotatable bonds is 12. The van der Waals surface area contributed by atoms with Gasteiger partial charge in [0.1, 0.15) is 54.3 Å². The molecule has 0 aromatic carbocycles. The van der Waals surface area contributed by atoms with Crippen LogP contribution in [-0.4, -0.2) is 126 Å². The van der Waals surface area contributed by atoms with Crippen LogP contribution in [0.2, 0.25) is 0 Å². The number of carboxylic acids is 1. The van der Waals surface area contributed by atoms with Gasteiger partial charge in [0.05, 0.1) is 25.4 Å². The van der Waals surface area contributed by atoms with Gasteiger partial charge in [-0.15, -0.1) is 11.6 Å². The van der Waals surface area contributed by atoms with Crippen molar-refractivity contribution >= 4 is 37.1 Å². The maximum atomic E-state index is 12.7. The highest BCUT2D eigenvalue weighted by Crippen LogP contribution is 2.48. The predicted molar refractivity (Wildman–Crippen MR) is 128 cm³/mol. The Morgan fingerprint density at radius 3 is 2.57 bits per heavy atom. The van der Waals surface area contributed by atoms with E-state index >= 15 is 0 Å². The molecule has 3 heterocycles. The fourth-order valence-electron chi connectivity index (χ4n) is 4.29. The van der Waals surface area contributed by atoms with Gasteiger partial charge in [0.15, 0.2) is 6.23 Å². The van der Waals surface area contributed by atoms with E-state index in [0.29, 0.717) is 0 Å². The van der Waals surface area contributed by atoms with Crippen molar-refractivity contribution in [2.45, 2.75) is 67.2 Å². The smallest absolute Gasteiger partial charge is 0.351 e. The van der Waals surface area contributed by atoms with E-state index in [1.54, 1.807) is 0 Å². The molecular weight excluding hydrogens is 619 g/mol. The number of nitrogens with one attached hydrogen (secondary N) is 1. The number of halogens is 1. The summed E-state index contributed by atoms with van der Waals surface area (Å²) in [5.74, 6) is -7.57. The first-order chi connectivity index (χ1) is 19.6. The molecular formula is C20H28ClN4O16P-2. The normalized spacial score (nSPS) is 34.3. The highest BCUT2D eigenvalue weighted by atomic mass is 35.5. The molecule has 1 amide bonds. The van der Waals surface area contributed by atoms with Gasteiger partial charge in [-0.25, -0.2) is 4.79 Å². The molecule has 11 atom stereocenters. The van der Waals surface area contributed by atoms with Crippen LogP contribution in [0.15, 0.2) is 17.1 Å². The number of nitrogens with zero attached hydrogens (tertiary/aromatic N) is 2. The second-order valence-electron chi connectivity index (χ2n) is 9.28. The number of alkyl halides is 1. The molecule has 22 heteroatoms. The third kappa shape index (κ3) is 7.42. The molecule has 0 radical (unpaired) electrons. The summed E-state index contributed by atoms with van der Waals surface area (Å²) in [5.41, 5.74) is 4.43. The Hall–Kier alpha value is -2.30. The van der Waals surface area contributed by atoms with Crippen LogP contribution in [0.25, 0.3) is 0 Å². The van der Waals surface area contributed by atoms with Crippen molar-refractivity contribution < 1.29 is 73.3 Å². The molecule has 20 nitrogen and oxygen atoms in total. The van der Waals surface area contributed by atoms with Crippen molar-refractivity contribution in [1.82, 2.24) is 14.9 Å². The third-order valence-corrected chi connectivity index (χ3v) is 7.60. The summed E-state index contributed by atoms with van der Waals surface area (Å²) in [6.45, 7) is -2.22. The number of amides is 1. The highest BCUT2D eigenvalue weighted by molar-refractivity contribution is 7.45. The Kier molecular flexibility index (Phi) is 11.0. The first-order valence-corrected chi connectivity index (χ1v) is 14.0. The number of carbonyl (C=O) groups is 2. The van der Waals surface area contributed by atoms with Gasteiger partial charge in [0.25, 0.3) is 7.82 Å². The Morgan fingerprint density at radius 1 is 1.33 bits per heavy atom. The van der Waals surface area contributed by atoms with Crippen LogP contribution in [0, 0.1) is 0 Å². The second-order valence-corrected chi connectivity index (χ2v) is 10.9. The number of aromatic nitrogens is 2. The molecule has 42 heavy (non-hydrogen) atoms. The fraction of sp³-hybridized carbons (Fsp3) is 0.700. The SMILES string of the molecule is Nc1ccn(C2OC(COP(=O)([O-])O[C@@]3(C(=O)[O-])C[C@@H](O)[C@@H](NC(=O)CCl)C([C@H](O)[C@H](O)CO)O3)[C@@H](O)[C@H]2O)c(=O)n1. The number of carboxylic acid groups (broad SMARTS) is 1. The van der Waals surface area contributed by atoms with E-state index in [4.69, 9.17) is 26.8 Å². The molecule has 4 unspecified atom stereocenters. The molecule has 0 spiro atoms. The van der Waals surface area contributed by atoms with E-state index in [0.717, 1.165) is 10.8 Å². The van der Waals surface area contributed by atoms with Crippen LogP contribution in [0.3, 0.4) is 0 Å². The number of nitrogens with two attached hydrogens (primary N) is 1. The summed E-state index contributed by atoms with van der Waals surface area (Å²) in [7, 11) is -5.83. The van der Waals surface area contributed by atoms with Gasteiger partial charge in [0, 0.05) is 12.6 Å². The molecule has 2 aliphatic heterocycles. The number of anilines is 1. The van der Waals surface area contributed by atoms with E-state index < -0.39 is 112 Å². The largest absolute Gasteiger partial charge is 0.756 e. The number of aliphatic hydroxyl groups excluding tert-OH is 6. The summed E-state index contributed by atoms with van der Waals surface area (Å²) < 4.78 is 33.1. The van der Waals surface area contributed by atoms with Gasteiger partial charge in [-0.05, 0) is 6.07 Å². The van der Waals surface area contributed by atoms with Crippen LogP contribution in [0.4, 0.5) is 5.82 Å². The molecule has 9 N–H and O–H groups in total. The first-order valence-electron chi connectivity index (χ1n) is 12.0. The lowest BCUT2D eigenvalue weighted by Crippen LogP contribution is -2.69. The predicted octanol–water partition coefficient (Wildman–Crippen LogP) is -7.02. The van der Waals surface area contributed by atoms with E-state index in [1.807, 2.05) is 0 Å². The first kappa shape index (κ1) is 34.2. The Balaban J connectivity index is 1.79. The molecule has 2 fully saturated rings. The lowest BCUT2D eigenvalue weighted by molar-refractivity contribution is -0.377. The van der Waals surface area contributed by atoms with Crippen molar-refractivity contribution in [2.75, 3.05) is 24.8 Å².